The molecule has 0 spiro atoms. The number of nitrogens with two attached hydrogens (primary N) is 1. The van der Waals surface area contributed by atoms with Gasteiger partial charge in [0.25, 0.3) is 5.91 Å². The van der Waals surface area contributed by atoms with Gasteiger partial charge in [-0.3, -0.25) is 10.2 Å². The predicted molar refractivity (Wildman–Crippen MR) is 83.6 cm³/mol. The zero-order chi connectivity index (χ0) is 14.8. The van der Waals surface area contributed by atoms with Gasteiger partial charge in [0.05, 0.1) is 16.8 Å². The van der Waals surface area contributed by atoms with Gasteiger partial charge in [0, 0.05) is 10.9 Å². The van der Waals surface area contributed by atoms with E-state index in [4.69, 9.17) is 5.84 Å². The molecule has 1 heterocycles. The second kappa shape index (κ2) is 5.34. The summed E-state index contributed by atoms with van der Waals surface area (Å²) in [7, 11) is 0. The first-order valence-electron chi connectivity index (χ1n) is 6.67. The van der Waals surface area contributed by atoms with Crippen molar-refractivity contribution in [3.05, 3.63) is 65.7 Å². The Balaban J connectivity index is 2.31. The summed E-state index contributed by atoms with van der Waals surface area (Å²) in [6, 6.07) is 17.3. The number of para-hydroxylation sites is 1. The minimum atomic E-state index is -0.316. The highest BCUT2D eigenvalue weighted by atomic mass is 16.2. The number of nitrogens with one attached hydrogen (secondary N) is 1. The molecule has 2 aromatic carbocycles. The summed E-state index contributed by atoms with van der Waals surface area (Å²) in [4.78, 5) is 16.7. The fourth-order valence-electron chi connectivity index (χ4n) is 2.44. The van der Waals surface area contributed by atoms with Crippen molar-refractivity contribution in [2.45, 2.75) is 6.92 Å². The molecule has 0 bridgehead atoms. The SMILES string of the molecule is Cc1ccccc1-c1cc(C(=O)NN)c2ccccc2n1. The van der Waals surface area contributed by atoms with Crippen LogP contribution in [0.5, 0.6) is 0 Å². The molecule has 0 aliphatic heterocycles. The second-order valence-electron chi connectivity index (χ2n) is 4.86. The van der Waals surface area contributed by atoms with Crippen LogP contribution in [0.4, 0.5) is 0 Å². The Morgan fingerprint density at radius 3 is 2.57 bits per heavy atom. The molecule has 21 heavy (non-hydrogen) atoms. The summed E-state index contributed by atoms with van der Waals surface area (Å²) in [5.41, 5.74) is 6.39. The molecule has 0 saturated heterocycles. The Morgan fingerprint density at radius 2 is 1.81 bits per heavy atom. The summed E-state index contributed by atoms with van der Waals surface area (Å²) in [5, 5.41) is 0.790. The van der Waals surface area contributed by atoms with Crippen molar-refractivity contribution in [2.24, 2.45) is 5.84 Å². The third-order valence-electron chi connectivity index (χ3n) is 3.51. The number of nitrogen functional groups attached to an aromatic ring is 1. The first-order valence-corrected chi connectivity index (χ1v) is 6.67. The molecule has 0 saturated carbocycles. The van der Waals surface area contributed by atoms with Crippen LogP contribution in [0.1, 0.15) is 15.9 Å². The van der Waals surface area contributed by atoms with Gasteiger partial charge >= 0.3 is 0 Å². The average Bonchev–Trinajstić information content (AvgIpc) is 2.53. The van der Waals surface area contributed by atoms with Crippen molar-refractivity contribution in [3.63, 3.8) is 0 Å². The van der Waals surface area contributed by atoms with E-state index in [9.17, 15) is 4.79 Å². The zero-order valence-corrected chi connectivity index (χ0v) is 11.6. The van der Waals surface area contributed by atoms with Crippen LogP contribution < -0.4 is 11.3 Å². The number of rotatable bonds is 2. The van der Waals surface area contributed by atoms with E-state index in [1.807, 2.05) is 55.5 Å². The van der Waals surface area contributed by atoms with Gasteiger partial charge in [0.1, 0.15) is 0 Å². The Kier molecular flexibility index (Phi) is 3.38. The molecule has 4 heteroatoms. The van der Waals surface area contributed by atoms with Crippen molar-refractivity contribution in [2.75, 3.05) is 0 Å². The van der Waals surface area contributed by atoms with Gasteiger partial charge in [0.15, 0.2) is 0 Å². The van der Waals surface area contributed by atoms with Crippen molar-refractivity contribution in [1.29, 1.82) is 0 Å². The number of hydrogen-bond acceptors (Lipinski definition) is 3. The van der Waals surface area contributed by atoms with E-state index >= 15 is 0 Å². The second-order valence-corrected chi connectivity index (χ2v) is 4.86. The summed E-state index contributed by atoms with van der Waals surface area (Å²) in [6.07, 6.45) is 0. The highest BCUT2D eigenvalue weighted by molar-refractivity contribution is 6.07. The topological polar surface area (TPSA) is 68.0 Å². The van der Waals surface area contributed by atoms with Crippen LogP contribution in [0.3, 0.4) is 0 Å². The summed E-state index contributed by atoms with van der Waals surface area (Å²) >= 11 is 0. The number of aryl methyl sites for hydroxylation is 1. The predicted octanol–water partition coefficient (Wildman–Crippen LogP) is 2.81. The first kappa shape index (κ1) is 13.3. The smallest absolute Gasteiger partial charge is 0.265 e. The Morgan fingerprint density at radius 1 is 1.10 bits per heavy atom. The molecule has 3 aromatic rings. The third kappa shape index (κ3) is 2.37. The number of pyridine rings is 1. The van der Waals surface area contributed by atoms with E-state index in [1.54, 1.807) is 6.07 Å². The third-order valence-corrected chi connectivity index (χ3v) is 3.51. The fourth-order valence-corrected chi connectivity index (χ4v) is 2.44. The minimum Gasteiger partial charge on any atom is -0.290 e. The maximum Gasteiger partial charge on any atom is 0.265 e. The molecule has 0 fully saturated rings. The van der Waals surface area contributed by atoms with E-state index in [0.717, 1.165) is 27.7 Å². The van der Waals surface area contributed by atoms with Gasteiger partial charge in [-0.05, 0) is 24.6 Å². The molecule has 3 N–H and O–H groups in total. The number of carbonyl (C=O) groups excluding carboxylic acids is 1. The van der Waals surface area contributed by atoms with Gasteiger partial charge in [0.2, 0.25) is 0 Å². The molecule has 4 nitrogen and oxygen atoms in total. The maximum absolute atomic E-state index is 12.0. The lowest BCUT2D eigenvalue weighted by molar-refractivity contribution is 0.0955. The Labute approximate surface area is 122 Å². The van der Waals surface area contributed by atoms with Crippen molar-refractivity contribution in [1.82, 2.24) is 10.4 Å². The van der Waals surface area contributed by atoms with Crippen LogP contribution in [-0.2, 0) is 0 Å². The number of hydrazine groups is 1. The number of amides is 1. The molecular formula is C17H15N3O. The lowest BCUT2D eigenvalue weighted by Crippen LogP contribution is -2.30. The molecule has 104 valence electrons. The number of hydrogen-bond donors (Lipinski definition) is 2. The highest BCUT2D eigenvalue weighted by Crippen LogP contribution is 2.26. The van der Waals surface area contributed by atoms with Crippen molar-refractivity contribution >= 4 is 16.8 Å². The number of carbonyl (C=O) groups is 1. The van der Waals surface area contributed by atoms with E-state index in [0.29, 0.717) is 5.56 Å². The number of nitrogens with zero attached hydrogens (tertiary/aromatic N) is 1. The van der Waals surface area contributed by atoms with Crippen molar-refractivity contribution in [3.8, 4) is 11.3 Å². The molecule has 0 unspecified atom stereocenters. The van der Waals surface area contributed by atoms with Gasteiger partial charge < -0.3 is 0 Å². The molecular weight excluding hydrogens is 262 g/mol. The Hall–Kier alpha value is -2.72. The average molecular weight is 277 g/mol. The fraction of sp³-hybridized carbons (Fsp3) is 0.0588. The largest absolute Gasteiger partial charge is 0.290 e. The van der Waals surface area contributed by atoms with Gasteiger partial charge in [-0.15, -0.1) is 0 Å². The highest BCUT2D eigenvalue weighted by Gasteiger charge is 2.13. The summed E-state index contributed by atoms with van der Waals surface area (Å²) < 4.78 is 0. The zero-order valence-electron chi connectivity index (χ0n) is 11.6. The molecule has 0 atom stereocenters. The van der Waals surface area contributed by atoms with Crippen molar-refractivity contribution < 1.29 is 4.79 Å². The molecule has 0 aliphatic carbocycles. The van der Waals surface area contributed by atoms with E-state index in [-0.39, 0.29) is 5.91 Å². The summed E-state index contributed by atoms with van der Waals surface area (Å²) in [6.45, 7) is 2.02. The van der Waals surface area contributed by atoms with Crippen LogP contribution in [0.2, 0.25) is 0 Å². The molecule has 1 amide bonds. The van der Waals surface area contributed by atoms with Crippen LogP contribution in [0.25, 0.3) is 22.2 Å². The lowest BCUT2D eigenvalue weighted by atomic mass is 10.0. The van der Waals surface area contributed by atoms with E-state index in [2.05, 4.69) is 10.4 Å². The van der Waals surface area contributed by atoms with Crippen LogP contribution in [0.15, 0.2) is 54.6 Å². The van der Waals surface area contributed by atoms with Crippen LogP contribution >= 0.6 is 0 Å². The lowest BCUT2D eigenvalue weighted by Gasteiger charge is -2.10. The molecule has 0 radical (unpaired) electrons. The normalized spacial score (nSPS) is 10.6. The number of fused-ring (bicyclic) bond motifs is 1. The van der Waals surface area contributed by atoms with Gasteiger partial charge in [-0.1, -0.05) is 42.5 Å². The minimum absolute atomic E-state index is 0.316. The first-order chi connectivity index (χ1) is 10.2. The van der Waals surface area contributed by atoms with E-state index in [1.165, 1.54) is 0 Å². The maximum atomic E-state index is 12.0. The number of aromatic nitrogens is 1. The van der Waals surface area contributed by atoms with Crippen LogP contribution in [0, 0.1) is 6.92 Å². The van der Waals surface area contributed by atoms with Gasteiger partial charge in [-0.25, -0.2) is 10.8 Å². The monoisotopic (exact) mass is 277 g/mol. The van der Waals surface area contributed by atoms with E-state index < -0.39 is 0 Å². The standard InChI is InChI=1S/C17H15N3O/c1-11-6-2-3-7-12(11)16-10-14(17(21)20-18)13-8-4-5-9-15(13)19-16/h2-10H,18H2,1H3,(H,20,21). The van der Waals surface area contributed by atoms with Gasteiger partial charge in [-0.2, -0.15) is 0 Å². The molecule has 0 aliphatic rings. The van der Waals surface area contributed by atoms with Crippen LogP contribution in [-0.4, -0.2) is 10.9 Å². The quantitative estimate of drug-likeness (QED) is 0.430. The number of benzene rings is 2. The molecule has 1 aromatic heterocycles. The summed E-state index contributed by atoms with van der Waals surface area (Å²) in [5.74, 6) is 4.98. The molecule has 3 rings (SSSR count). The Bertz CT molecular complexity index is 827.